The van der Waals surface area contributed by atoms with Crippen molar-refractivity contribution in [2.24, 2.45) is 0 Å². The molecule has 1 atom stereocenters. The maximum Gasteiger partial charge on any atom is 0.336 e. The summed E-state index contributed by atoms with van der Waals surface area (Å²) in [5, 5.41) is 15.2. The first-order valence-corrected chi connectivity index (χ1v) is 11.1. The van der Waals surface area contributed by atoms with Crippen LogP contribution in [-0.2, 0) is 11.3 Å². The van der Waals surface area contributed by atoms with E-state index in [9.17, 15) is 10.0 Å². The van der Waals surface area contributed by atoms with Gasteiger partial charge < -0.3 is 15.3 Å². The fraction of sp³-hybridized carbons (Fsp3) is 0.346. The summed E-state index contributed by atoms with van der Waals surface area (Å²) in [7, 11) is 0. The van der Waals surface area contributed by atoms with Crippen LogP contribution in [0.3, 0.4) is 0 Å². The van der Waals surface area contributed by atoms with E-state index < -0.39 is 11.6 Å². The summed E-state index contributed by atoms with van der Waals surface area (Å²) in [6.07, 6.45) is 2.54. The number of aromatic nitrogens is 2. The zero-order valence-electron chi connectivity index (χ0n) is 19.5. The summed E-state index contributed by atoms with van der Waals surface area (Å²) in [6, 6.07) is 15.8. The lowest BCUT2D eigenvalue weighted by Crippen LogP contribution is -2.48. The van der Waals surface area contributed by atoms with Gasteiger partial charge in [-0.25, -0.2) is 4.73 Å². The first-order valence-electron chi connectivity index (χ1n) is 11.1. The Morgan fingerprint density at radius 3 is 2.61 bits per heavy atom. The van der Waals surface area contributed by atoms with Crippen LogP contribution < -0.4 is 14.8 Å². The number of carbonyl (C=O) groups is 1. The van der Waals surface area contributed by atoms with Gasteiger partial charge in [0.2, 0.25) is 5.91 Å². The molecular formula is C26H30N4O3. The first kappa shape index (κ1) is 22.7. The Morgan fingerprint density at radius 2 is 1.88 bits per heavy atom. The van der Waals surface area contributed by atoms with Crippen molar-refractivity contribution in [3.63, 3.8) is 0 Å². The Labute approximate surface area is 194 Å². The molecule has 1 aliphatic heterocycles. The summed E-state index contributed by atoms with van der Waals surface area (Å²) in [5.74, 6) is 0.140. The monoisotopic (exact) mass is 446 g/mol. The SMILES string of the molecule is Cc1ccccc1-c1ccccc1CN1CCOc2nc[n+]([O-])cc2C1C(=O)NC(C)(C)C. The van der Waals surface area contributed by atoms with Crippen molar-refractivity contribution in [2.75, 3.05) is 13.2 Å². The van der Waals surface area contributed by atoms with Crippen molar-refractivity contribution in [2.45, 2.75) is 45.8 Å². The Morgan fingerprint density at radius 1 is 1.18 bits per heavy atom. The smallest absolute Gasteiger partial charge is 0.336 e. The van der Waals surface area contributed by atoms with Crippen LogP contribution in [0, 0.1) is 12.1 Å². The van der Waals surface area contributed by atoms with Crippen LogP contribution >= 0.6 is 0 Å². The van der Waals surface area contributed by atoms with E-state index in [-0.39, 0.29) is 5.91 Å². The minimum absolute atomic E-state index is 0.185. The average Bonchev–Trinajstić information content (AvgIpc) is 2.92. The number of carbonyl (C=O) groups excluding carboxylic acids is 1. The largest absolute Gasteiger partial charge is 0.711 e. The molecular weight excluding hydrogens is 416 g/mol. The van der Waals surface area contributed by atoms with Crippen molar-refractivity contribution in [3.05, 3.63) is 83.0 Å². The number of fused-ring (bicyclic) bond motifs is 1. The van der Waals surface area contributed by atoms with Gasteiger partial charge in [-0.2, -0.15) is 0 Å². The lowest BCUT2D eigenvalue weighted by atomic mass is 9.95. The summed E-state index contributed by atoms with van der Waals surface area (Å²) in [4.78, 5) is 19.7. The molecule has 1 aromatic heterocycles. The molecule has 0 radical (unpaired) electrons. The number of benzene rings is 2. The molecule has 33 heavy (non-hydrogen) atoms. The van der Waals surface area contributed by atoms with Crippen LogP contribution in [0.2, 0.25) is 0 Å². The maximum atomic E-state index is 13.5. The molecule has 0 bridgehead atoms. The zero-order chi connectivity index (χ0) is 23.6. The molecule has 7 heteroatoms. The fourth-order valence-electron chi connectivity index (χ4n) is 4.23. The second-order valence-corrected chi connectivity index (χ2v) is 9.43. The van der Waals surface area contributed by atoms with Gasteiger partial charge in [-0.05, 0) is 54.9 Å². The maximum absolute atomic E-state index is 13.5. The van der Waals surface area contributed by atoms with Crippen LogP contribution in [-0.4, -0.2) is 34.5 Å². The molecule has 1 amide bonds. The zero-order valence-corrected chi connectivity index (χ0v) is 19.5. The molecule has 1 N–H and O–H groups in total. The van der Waals surface area contributed by atoms with Crippen molar-refractivity contribution < 1.29 is 14.3 Å². The number of nitrogens with one attached hydrogen (secondary N) is 1. The van der Waals surface area contributed by atoms with E-state index in [1.807, 2.05) is 45.0 Å². The van der Waals surface area contributed by atoms with Crippen LogP contribution in [0.5, 0.6) is 5.88 Å². The molecule has 0 aliphatic carbocycles. The molecule has 7 nitrogen and oxygen atoms in total. The van der Waals surface area contributed by atoms with Gasteiger partial charge in [0.25, 0.3) is 6.33 Å². The van der Waals surface area contributed by atoms with Crippen LogP contribution in [0.1, 0.15) is 43.5 Å². The Balaban J connectivity index is 1.76. The second-order valence-electron chi connectivity index (χ2n) is 9.43. The molecule has 1 aliphatic rings. The van der Waals surface area contributed by atoms with Gasteiger partial charge in [-0.3, -0.25) is 9.69 Å². The van der Waals surface area contributed by atoms with Gasteiger partial charge in [0.1, 0.15) is 24.4 Å². The molecule has 1 unspecified atom stereocenters. The van der Waals surface area contributed by atoms with Crippen molar-refractivity contribution in [1.82, 2.24) is 15.2 Å². The molecule has 0 saturated heterocycles. The van der Waals surface area contributed by atoms with E-state index in [4.69, 9.17) is 4.74 Å². The second kappa shape index (κ2) is 9.19. The number of rotatable bonds is 4. The third-order valence-corrected chi connectivity index (χ3v) is 5.65. The highest BCUT2D eigenvalue weighted by molar-refractivity contribution is 5.84. The van der Waals surface area contributed by atoms with Gasteiger partial charge in [0.05, 0.1) is 0 Å². The lowest BCUT2D eigenvalue weighted by Gasteiger charge is -2.31. The van der Waals surface area contributed by atoms with Crippen molar-refractivity contribution >= 4 is 5.91 Å². The number of hydrogen-bond acceptors (Lipinski definition) is 5. The molecule has 2 aromatic carbocycles. The Hall–Kier alpha value is -3.45. The molecule has 2 heterocycles. The van der Waals surface area contributed by atoms with E-state index in [0.29, 0.717) is 35.9 Å². The Bertz CT molecular complexity index is 1160. The minimum Gasteiger partial charge on any atom is -0.711 e. The van der Waals surface area contributed by atoms with Crippen LogP contribution in [0.15, 0.2) is 61.1 Å². The Kier molecular flexibility index (Phi) is 6.33. The van der Waals surface area contributed by atoms with E-state index >= 15 is 0 Å². The van der Waals surface area contributed by atoms with Crippen molar-refractivity contribution in [1.29, 1.82) is 0 Å². The summed E-state index contributed by atoms with van der Waals surface area (Å²) in [5.41, 5.74) is 4.62. The van der Waals surface area contributed by atoms with Crippen LogP contribution in [0.25, 0.3) is 11.1 Å². The summed E-state index contributed by atoms with van der Waals surface area (Å²) < 4.78 is 6.45. The van der Waals surface area contributed by atoms with Gasteiger partial charge in [0.15, 0.2) is 0 Å². The third kappa shape index (κ3) is 5.14. The van der Waals surface area contributed by atoms with Gasteiger partial charge in [-0.15, -0.1) is 0 Å². The van der Waals surface area contributed by atoms with Gasteiger partial charge in [0, 0.05) is 18.6 Å². The highest BCUT2D eigenvalue weighted by atomic mass is 16.5. The highest BCUT2D eigenvalue weighted by Gasteiger charge is 2.37. The minimum atomic E-state index is -0.708. The highest BCUT2D eigenvalue weighted by Crippen LogP contribution is 2.34. The average molecular weight is 447 g/mol. The lowest BCUT2D eigenvalue weighted by molar-refractivity contribution is -0.609. The fourth-order valence-corrected chi connectivity index (χ4v) is 4.23. The standard InChI is InChI=1S/C26H30N4O3/c1-18-9-5-7-11-20(18)21-12-8-6-10-19(21)15-29-13-14-33-25-22(16-30(32)17-27-25)23(29)24(31)28-26(2,3)4/h5-12,16-17,23H,13-15H2,1-4H3,(H,28,31). The molecule has 0 spiro atoms. The molecule has 4 rings (SSSR count). The number of nitrogens with zero attached hydrogens (tertiary/aromatic N) is 3. The van der Waals surface area contributed by atoms with E-state index in [2.05, 4.69) is 46.4 Å². The summed E-state index contributed by atoms with van der Waals surface area (Å²) >= 11 is 0. The molecule has 3 aromatic rings. The normalized spacial score (nSPS) is 16.4. The number of amides is 1. The van der Waals surface area contributed by atoms with E-state index in [1.165, 1.54) is 11.8 Å². The van der Waals surface area contributed by atoms with Crippen molar-refractivity contribution in [3.8, 4) is 17.0 Å². The van der Waals surface area contributed by atoms with E-state index in [1.54, 1.807) is 0 Å². The molecule has 0 fully saturated rings. The predicted molar refractivity (Wildman–Crippen MR) is 126 cm³/mol. The van der Waals surface area contributed by atoms with Gasteiger partial charge in [-0.1, -0.05) is 48.5 Å². The van der Waals surface area contributed by atoms with Gasteiger partial charge >= 0.3 is 5.88 Å². The topological polar surface area (TPSA) is 81.4 Å². The quantitative estimate of drug-likeness (QED) is 0.490. The van der Waals surface area contributed by atoms with Crippen LogP contribution in [0.4, 0.5) is 0 Å². The number of hydrogen-bond donors (Lipinski definition) is 1. The number of aryl methyl sites for hydroxylation is 1. The summed E-state index contributed by atoms with van der Waals surface area (Å²) in [6.45, 7) is 9.31. The first-order chi connectivity index (χ1) is 15.7. The molecule has 0 saturated carbocycles. The third-order valence-electron chi connectivity index (χ3n) is 5.65. The number of ether oxygens (including phenoxy) is 1. The van der Waals surface area contributed by atoms with E-state index in [0.717, 1.165) is 23.0 Å². The predicted octanol–water partition coefficient (Wildman–Crippen LogP) is 3.54. The molecule has 172 valence electrons.